The van der Waals surface area contributed by atoms with Gasteiger partial charge in [-0.2, -0.15) is 10.4 Å². The molecule has 0 aliphatic rings. The zero-order valence-corrected chi connectivity index (χ0v) is 22.3. The smallest absolute Gasteiger partial charge is 0.278 e. The number of aromatic nitrogens is 2. The summed E-state index contributed by atoms with van der Waals surface area (Å²) in [6, 6.07) is 12.1. The van der Waals surface area contributed by atoms with E-state index in [4.69, 9.17) is 9.47 Å². The summed E-state index contributed by atoms with van der Waals surface area (Å²) in [5, 5.41) is 13.6. The Balaban J connectivity index is 1.68. The standard InChI is InChI=1S/C24H23Br2N5O3/c1-14-8-17(16(3)31(14)19-7-5-6-18(25)9-19)11-28-30-22(32)13-34-24-20(10-27)21(12-33-4)23(26)15(2)29-24/h5-9,11H,12-13H2,1-4H3,(H,30,32)/b28-11-. The summed E-state index contributed by atoms with van der Waals surface area (Å²) in [5.41, 5.74) is 7.85. The molecule has 0 fully saturated rings. The summed E-state index contributed by atoms with van der Waals surface area (Å²) in [6.07, 6.45) is 1.59. The highest BCUT2D eigenvalue weighted by atomic mass is 79.9. The van der Waals surface area contributed by atoms with Gasteiger partial charge in [-0.15, -0.1) is 0 Å². The number of carbonyl (C=O) groups is 1. The Labute approximate surface area is 214 Å². The first-order valence-electron chi connectivity index (χ1n) is 10.2. The molecule has 0 bridgehead atoms. The van der Waals surface area contributed by atoms with Gasteiger partial charge in [0.2, 0.25) is 5.88 Å². The largest absolute Gasteiger partial charge is 0.467 e. The maximum absolute atomic E-state index is 12.3. The SMILES string of the molecule is COCc1c(Br)c(C)nc(OCC(=O)N/N=C\c2cc(C)n(-c3cccc(Br)c3)c2C)c1C#N. The number of hydrazone groups is 1. The minimum atomic E-state index is -0.475. The van der Waals surface area contributed by atoms with Crippen molar-refractivity contribution in [1.29, 1.82) is 5.26 Å². The molecule has 176 valence electrons. The molecule has 0 aliphatic carbocycles. The summed E-state index contributed by atoms with van der Waals surface area (Å²) in [6.45, 7) is 5.63. The van der Waals surface area contributed by atoms with Crippen LogP contribution in [0.3, 0.4) is 0 Å². The van der Waals surface area contributed by atoms with Gasteiger partial charge < -0.3 is 14.0 Å². The Morgan fingerprint density at radius 3 is 2.74 bits per heavy atom. The number of hydrogen-bond donors (Lipinski definition) is 1. The summed E-state index contributed by atoms with van der Waals surface area (Å²) in [7, 11) is 1.53. The second-order valence-corrected chi connectivity index (χ2v) is 9.15. The van der Waals surface area contributed by atoms with Crippen LogP contribution in [0.2, 0.25) is 0 Å². The predicted molar refractivity (Wildman–Crippen MR) is 136 cm³/mol. The summed E-state index contributed by atoms with van der Waals surface area (Å²) >= 11 is 6.93. The van der Waals surface area contributed by atoms with Crippen LogP contribution in [0, 0.1) is 32.1 Å². The number of methoxy groups -OCH3 is 1. The minimum Gasteiger partial charge on any atom is -0.467 e. The van der Waals surface area contributed by atoms with E-state index in [2.05, 4.69) is 58.0 Å². The van der Waals surface area contributed by atoms with Crippen molar-refractivity contribution < 1.29 is 14.3 Å². The number of rotatable bonds is 8. The summed E-state index contributed by atoms with van der Waals surface area (Å²) in [5.74, 6) is -0.399. The molecule has 0 saturated carbocycles. The Hall–Kier alpha value is -3.00. The fraction of sp³-hybridized carbons (Fsp3) is 0.250. The van der Waals surface area contributed by atoms with Crippen molar-refractivity contribution in [1.82, 2.24) is 15.0 Å². The number of halogens is 2. The maximum Gasteiger partial charge on any atom is 0.278 e. The van der Waals surface area contributed by atoms with Crippen molar-refractivity contribution in [3.05, 3.63) is 73.0 Å². The van der Waals surface area contributed by atoms with Gasteiger partial charge in [-0.05, 0) is 61.0 Å². The minimum absolute atomic E-state index is 0.0759. The Bertz CT molecular complexity index is 1290. The number of benzene rings is 1. The number of nitrogens with zero attached hydrogens (tertiary/aromatic N) is 4. The molecule has 3 aromatic rings. The van der Waals surface area contributed by atoms with Crippen molar-refractivity contribution >= 4 is 44.0 Å². The Kier molecular flexibility index (Phi) is 8.61. The number of aryl methyl sites for hydroxylation is 2. The van der Waals surface area contributed by atoms with Crippen molar-refractivity contribution in [2.24, 2.45) is 5.10 Å². The summed E-state index contributed by atoms with van der Waals surface area (Å²) in [4.78, 5) is 16.6. The fourth-order valence-corrected chi connectivity index (χ4v) is 4.27. The number of amides is 1. The fourth-order valence-electron chi connectivity index (χ4n) is 3.48. The topological polar surface area (TPSA) is 102 Å². The molecule has 0 aliphatic heterocycles. The van der Waals surface area contributed by atoms with Crippen LogP contribution in [0.25, 0.3) is 5.69 Å². The van der Waals surface area contributed by atoms with Crippen molar-refractivity contribution in [3.8, 4) is 17.6 Å². The molecule has 2 heterocycles. The van der Waals surface area contributed by atoms with Crippen molar-refractivity contribution in [2.45, 2.75) is 27.4 Å². The first-order valence-corrected chi connectivity index (χ1v) is 11.8. The molecule has 0 radical (unpaired) electrons. The van der Waals surface area contributed by atoms with E-state index in [9.17, 15) is 10.1 Å². The molecule has 10 heteroatoms. The maximum atomic E-state index is 12.3. The van der Waals surface area contributed by atoms with E-state index in [1.807, 2.05) is 44.2 Å². The van der Waals surface area contributed by atoms with E-state index < -0.39 is 5.91 Å². The third-order valence-corrected chi connectivity index (χ3v) is 6.58. The number of nitrogens with one attached hydrogen (secondary N) is 1. The average molecular weight is 589 g/mol. The highest BCUT2D eigenvalue weighted by Crippen LogP contribution is 2.30. The molecular formula is C24H23Br2N5O3. The quantitative estimate of drug-likeness (QED) is 0.299. The van der Waals surface area contributed by atoms with Gasteiger partial charge in [0.25, 0.3) is 5.91 Å². The van der Waals surface area contributed by atoms with Gasteiger partial charge in [-0.25, -0.2) is 10.4 Å². The van der Waals surface area contributed by atoms with Crippen LogP contribution in [-0.2, 0) is 16.1 Å². The van der Waals surface area contributed by atoms with Gasteiger partial charge in [0.1, 0.15) is 11.6 Å². The zero-order chi connectivity index (χ0) is 24.8. The second kappa shape index (κ2) is 11.4. The molecule has 3 rings (SSSR count). The lowest BCUT2D eigenvalue weighted by Gasteiger charge is -2.13. The van der Waals surface area contributed by atoms with Gasteiger partial charge in [0, 0.05) is 44.3 Å². The van der Waals surface area contributed by atoms with Gasteiger partial charge in [0.05, 0.1) is 18.5 Å². The van der Waals surface area contributed by atoms with Crippen molar-refractivity contribution in [3.63, 3.8) is 0 Å². The first kappa shape index (κ1) is 25.6. The molecule has 1 N–H and O–H groups in total. The van der Waals surface area contributed by atoms with Crippen LogP contribution in [0.5, 0.6) is 5.88 Å². The summed E-state index contributed by atoms with van der Waals surface area (Å²) < 4.78 is 14.5. The van der Waals surface area contributed by atoms with Crippen LogP contribution in [0.15, 0.2) is 44.4 Å². The molecular weight excluding hydrogens is 566 g/mol. The van der Waals surface area contributed by atoms with Gasteiger partial charge >= 0.3 is 0 Å². The van der Waals surface area contributed by atoms with Crippen LogP contribution >= 0.6 is 31.9 Å². The third-order valence-electron chi connectivity index (χ3n) is 5.04. The third kappa shape index (κ3) is 5.73. The molecule has 0 atom stereocenters. The molecule has 8 nitrogen and oxygen atoms in total. The molecule has 0 saturated heterocycles. The zero-order valence-electron chi connectivity index (χ0n) is 19.1. The second-order valence-electron chi connectivity index (χ2n) is 7.44. The van der Waals surface area contributed by atoms with E-state index >= 15 is 0 Å². The van der Waals surface area contributed by atoms with Crippen LogP contribution in [-0.4, -0.2) is 35.4 Å². The number of carbonyl (C=O) groups excluding carboxylic acids is 1. The van der Waals surface area contributed by atoms with Gasteiger partial charge in [0.15, 0.2) is 6.61 Å². The number of ether oxygens (including phenoxy) is 2. The molecule has 0 unspecified atom stereocenters. The Morgan fingerprint density at radius 1 is 1.29 bits per heavy atom. The van der Waals surface area contributed by atoms with E-state index in [1.54, 1.807) is 13.1 Å². The lowest BCUT2D eigenvalue weighted by atomic mass is 10.1. The first-order chi connectivity index (χ1) is 16.3. The lowest BCUT2D eigenvalue weighted by Crippen LogP contribution is -2.25. The molecule has 34 heavy (non-hydrogen) atoms. The molecule has 1 amide bonds. The lowest BCUT2D eigenvalue weighted by molar-refractivity contribution is -0.123. The number of hydrogen-bond acceptors (Lipinski definition) is 6. The van der Waals surface area contributed by atoms with Gasteiger partial charge in [-0.3, -0.25) is 4.79 Å². The molecule has 1 aromatic carbocycles. The van der Waals surface area contributed by atoms with Crippen molar-refractivity contribution in [2.75, 3.05) is 13.7 Å². The highest BCUT2D eigenvalue weighted by molar-refractivity contribution is 9.10. The van der Waals surface area contributed by atoms with Crippen LogP contribution < -0.4 is 10.2 Å². The van der Waals surface area contributed by atoms with Crippen LogP contribution in [0.1, 0.15) is 33.8 Å². The normalized spacial score (nSPS) is 11.0. The van der Waals surface area contributed by atoms with Crippen LogP contribution in [0.4, 0.5) is 0 Å². The van der Waals surface area contributed by atoms with Gasteiger partial charge in [-0.1, -0.05) is 22.0 Å². The van der Waals surface area contributed by atoms with E-state index in [0.717, 1.165) is 27.1 Å². The molecule has 2 aromatic heterocycles. The molecule has 0 spiro atoms. The number of nitriles is 1. The van der Waals surface area contributed by atoms with E-state index in [0.29, 0.717) is 15.7 Å². The predicted octanol–water partition coefficient (Wildman–Crippen LogP) is 4.87. The highest BCUT2D eigenvalue weighted by Gasteiger charge is 2.18. The Morgan fingerprint density at radius 2 is 2.06 bits per heavy atom. The number of pyridine rings is 1. The van der Waals surface area contributed by atoms with E-state index in [-0.39, 0.29) is 24.7 Å². The average Bonchev–Trinajstić information content (AvgIpc) is 3.08. The monoisotopic (exact) mass is 587 g/mol. The van der Waals surface area contributed by atoms with E-state index in [1.165, 1.54) is 7.11 Å².